The minimum atomic E-state index is -0.157. The standard InChI is InChI=1S/C15H16N4O3/c16-13-11(3-1-5-17-13)14(20)18-6-8-19(9-7-18)15(21)12-4-2-10-22-12/h1-5,10H,6-9H2,(H2,16,17). The molecule has 3 rings (SSSR count). The molecule has 2 aromatic rings. The first-order valence-corrected chi connectivity index (χ1v) is 6.99. The van der Waals surface area contributed by atoms with Gasteiger partial charge in [0.1, 0.15) is 5.82 Å². The molecule has 1 fully saturated rings. The summed E-state index contributed by atoms with van der Waals surface area (Å²) < 4.78 is 5.11. The molecule has 0 unspecified atom stereocenters. The Balaban J connectivity index is 1.63. The number of nitrogen functional groups attached to an aromatic ring is 1. The quantitative estimate of drug-likeness (QED) is 0.887. The largest absolute Gasteiger partial charge is 0.459 e. The van der Waals surface area contributed by atoms with E-state index in [0.29, 0.717) is 37.5 Å². The van der Waals surface area contributed by atoms with E-state index in [1.807, 2.05) is 0 Å². The summed E-state index contributed by atoms with van der Waals surface area (Å²) in [4.78, 5) is 31.9. The van der Waals surface area contributed by atoms with Gasteiger partial charge in [-0.2, -0.15) is 0 Å². The number of hydrogen-bond donors (Lipinski definition) is 1. The smallest absolute Gasteiger partial charge is 0.289 e. The second kappa shape index (κ2) is 5.88. The van der Waals surface area contributed by atoms with Crippen LogP contribution in [-0.2, 0) is 0 Å². The number of anilines is 1. The van der Waals surface area contributed by atoms with Gasteiger partial charge in [-0.1, -0.05) is 0 Å². The first-order valence-electron chi connectivity index (χ1n) is 6.99. The van der Waals surface area contributed by atoms with E-state index < -0.39 is 0 Å². The maximum Gasteiger partial charge on any atom is 0.289 e. The molecule has 7 nitrogen and oxygen atoms in total. The maximum atomic E-state index is 12.4. The number of nitrogens with zero attached hydrogens (tertiary/aromatic N) is 3. The van der Waals surface area contributed by atoms with Gasteiger partial charge in [-0.15, -0.1) is 0 Å². The number of pyridine rings is 1. The number of hydrogen-bond acceptors (Lipinski definition) is 5. The fourth-order valence-electron chi connectivity index (χ4n) is 2.44. The normalized spacial score (nSPS) is 14.9. The number of carbonyl (C=O) groups is 2. The summed E-state index contributed by atoms with van der Waals surface area (Å²) in [6.45, 7) is 1.84. The fourth-order valence-corrected chi connectivity index (χ4v) is 2.44. The molecule has 2 aromatic heterocycles. The summed E-state index contributed by atoms with van der Waals surface area (Å²) in [6.07, 6.45) is 3.02. The lowest BCUT2D eigenvalue weighted by Crippen LogP contribution is -2.50. The van der Waals surface area contributed by atoms with E-state index in [2.05, 4.69) is 4.98 Å². The Kier molecular flexibility index (Phi) is 3.78. The lowest BCUT2D eigenvalue weighted by atomic mass is 10.2. The molecular weight excluding hydrogens is 284 g/mol. The molecule has 0 spiro atoms. The highest BCUT2D eigenvalue weighted by molar-refractivity contribution is 5.98. The minimum Gasteiger partial charge on any atom is -0.459 e. The van der Waals surface area contributed by atoms with Gasteiger partial charge in [0, 0.05) is 32.4 Å². The van der Waals surface area contributed by atoms with Crippen LogP contribution in [0.2, 0.25) is 0 Å². The average molecular weight is 300 g/mol. The Labute approximate surface area is 127 Å². The molecule has 0 atom stereocenters. The van der Waals surface area contributed by atoms with Crippen LogP contribution in [0.3, 0.4) is 0 Å². The van der Waals surface area contributed by atoms with E-state index in [4.69, 9.17) is 10.2 Å². The van der Waals surface area contributed by atoms with Gasteiger partial charge in [0.2, 0.25) is 0 Å². The molecule has 0 bridgehead atoms. The predicted octanol–water partition coefficient (Wildman–Crippen LogP) is 0.855. The summed E-state index contributed by atoms with van der Waals surface area (Å²) in [5.74, 6) is 0.228. The first kappa shape index (κ1) is 14.1. The molecule has 0 radical (unpaired) electrons. The number of amides is 2. The van der Waals surface area contributed by atoms with Crippen LogP contribution in [0.4, 0.5) is 5.82 Å². The van der Waals surface area contributed by atoms with Crippen LogP contribution in [0.15, 0.2) is 41.1 Å². The van der Waals surface area contributed by atoms with Crippen LogP contribution >= 0.6 is 0 Å². The SMILES string of the molecule is Nc1ncccc1C(=O)N1CCN(C(=O)c2ccco2)CC1. The van der Waals surface area contributed by atoms with Gasteiger partial charge >= 0.3 is 0 Å². The molecule has 1 saturated heterocycles. The highest BCUT2D eigenvalue weighted by atomic mass is 16.3. The van der Waals surface area contributed by atoms with Crippen molar-refractivity contribution in [2.24, 2.45) is 0 Å². The van der Waals surface area contributed by atoms with E-state index >= 15 is 0 Å². The van der Waals surface area contributed by atoms with Crippen LogP contribution in [0.25, 0.3) is 0 Å². The van der Waals surface area contributed by atoms with E-state index in [-0.39, 0.29) is 17.6 Å². The molecule has 3 heterocycles. The number of carbonyl (C=O) groups excluding carboxylic acids is 2. The minimum absolute atomic E-state index is 0.155. The fraction of sp³-hybridized carbons (Fsp3) is 0.267. The van der Waals surface area contributed by atoms with Crippen LogP contribution in [0.5, 0.6) is 0 Å². The zero-order valence-electron chi connectivity index (χ0n) is 11.9. The Morgan fingerprint density at radius 2 is 1.73 bits per heavy atom. The Morgan fingerprint density at radius 1 is 1.05 bits per heavy atom. The van der Waals surface area contributed by atoms with Gasteiger partial charge in [-0.25, -0.2) is 4.98 Å². The van der Waals surface area contributed by atoms with Gasteiger partial charge in [-0.3, -0.25) is 9.59 Å². The number of piperazine rings is 1. The van der Waals surface area contributed by atoms with Crippen molar-refractivity contribution < 1.29 is 14.0 Å². The molecule has 114 valence electrons. The molecule has 2 amide bonds. The summed E-state index contributed by atoms with van der Waals surface area (Å²) in [7, 11) is 0. The third-order valence-electron chi connectivity index (χ3n) is 3.65. The highest BCUT2D eigenvalue weighted by Gasteiger charge is 2.27. The number of aromatic nitrogens is 1. The van der Waals surface area contributed by atoms with Gasteiger partial charge in [0.15, 0.2) is 5.76 Å². The van der Waals surface area contributed by atoms with Gasteiger partial charge in [0.05, 0.1) is 11.8 Å². The Morgan fingerprint density at radius 3 is 2.32 bits per heavy atom. The van der Waals surface area contributed by atoms with Gasteiger partial charge < -0.3 is 20.0 Å². The number of furan rings is 1. The zero-order valence-corrected chi connectivity index (χ0v) is 11.9. The van der Waals surface area contributed by atoms with E-state index in [1.165, 1.54) is 6.26 Å². The van der Waals surface area contributed by atoms with Crippen molar-refractivity contribution >= 4 is 17.6 Å². The van der Waals surface area contributed by atoms with Gasteiger partial charge in [-0.05, 0) is 24.3 Å². The van der Waals surface area contributed by atoms with Crippen molar-refractivity contribution in [3.63, 3.8) is 0 Å². The highest BCUT2D eigenvalue weighted by Crippen LogP contribution is 2.14. The van der Waals surface area contributed by atoms with Crippen molar-refractivity contribution in [1.29, 1.82) is 0 Å². The third kappa shape index (κ3) is 2.65. The van der Waals surface area contributed by atoms with Crippen LogP contribution < -0.4 is 5.73 Å². The zero-order chi connectivity index (χ0) is 15.5. The Hall–Kier alpha value is -2.83. The van der Waals surface area contributed by atoms with Crippen molar-refractivity contribution in [3.8, 4) is 0 Å². The summed E-state index contributed by atoms with van der Waals surface area (Å²) in [5, 5.41) is 0. The molecule has 0 aromatic carbocycles. The predicted molar refractivity (Wildman–Crippen MR) is 79.2 cm³/mol. The molecular formula is C15H16N4O3. The molecule has 0 saturated carbocycles. The Bertz CT molecular complexity index is 676. The maximum absolute atomic E-state index is 12.4. The second-order valence-corrected chi connectivity index (χ2v) is 5.00. The lowest BCUT2D eigenvalue weighted by molar-refractivity contribution is 0.0518. The summed E-state index contributed by atoms with van der Waals surface area (Å²) in [5.41, 5.74) is 6.13. The van der Waals surface area contributed by atoms with Crippen molar-refractivity contribution in [1.82, 2.24) is 14.8 Å². The average Bonchev–Trinajstić information content (AvgIpc) is 3.09. The molecule has 1 aliphatic rings. The van der Waals surface area contributed by atoms with E-state index in [0.717, 1.165) is 0 Å². The van der Waals surface area contributed by atoms with Crippen LogP contribution in [0, 0.1) is 0 Å². The molecule has 22 heavy (non-hydrogen) atoms. The van der Waals surface area contributed by atoms with E-state index in [9.17, 15) is 9.59 Å². The molecule has 7 heteroatoms. The topological polar surface area (TPSA) is 92.7 Å². The van der Waals surface area contributed by atoms with Crippen LogP contribution in [-0.4, -0.2) is 52.8 Å². The number of nitrogens with two attached hydrogens (primary N) is 1. The first-order chi connectivity index (χ1) is 10.7. The summed E-state index contributed by atoms with van der Waals surface area (Å²) in [6, 6.07) is 6.65. The van der Waals surface area contributed by atoms with Crippen molar-refractivity contribution in [2.75, 3.05) is 31.9 Å². The summed E-state index contributed by atoms with van der Waals surface area (Å²) >= 11 is 0. The van der Waals surface area contributed by atoms with Crippen molar-refractivity contribution in [2.45, 2.75) is 0 Å². The monoisotopic (exact) mass is 300 g/mol. The lowest BCUT2D eigenvalue weighted by Gasteiger charge is -2.34. The number of rotatable bonds is 2. The second-order valence-electron chi connectivity index (χ2n) is 5.00. The van der Waals surface area contributed by atoms with Crippen molar-refractivity contribution in [3.05, 3.63) is 48.0 Å². The van der Waals surface area contributed by atoms with Gasteiger partial charge in [0.25, 0.3) is 11.8 Å². The molecule has 1 aliphatic heterocycles. The van der Waals surface area contributed by atoms with E-state index in [1.54, 1.807) is 40.3 Å². The van der Waals surface area contributed by atoms with Crippen LogP contribution in [0.1, 0.15) is 20.9 Å². The molecule has 0 aliphatic carbocycles. The molecule has 2 N–H and O–H groups in total. The third-order valence-corrected chi connectivity index (χ3v) is 3.65.